The average molecular weight is 383 g/mol. The lowest BCUT2D eigenvalue weighted by molar-refractivity contribution is 0.0922. The van der Waals surface area contributed by atoms with Crippen LogP contribution in [0.4, 0.5) is 0 Å². The lowest BCUT2D eigenvalue weighted by Crippen LogP contribution is -2.32. The van der Waals surface area contributed by atoms with Crippen LogP contribution in [0.25, 0.3) is 0 Å². The van der Waals surface area contributed by atoms with Crippen molar-refractivity contribution in [2.75, 3.05) is 6.61 Å². The summed E-state index contributed by atoms with van der Waals surface area (Å²) in [7, 11) is 0. The van der Waals surface area contributed by atoms with Crippen LogP contribution in [0.1, 0.15) is 34.1 Å². The Balaban J connectivity index is 1.50. The molecular formula is C20H18N2O2S2. The fourth-order valence-corrected chi connectivity index (χ4v) is 4.58. The van der Waals surface area contributed by atoms with Gasteiger partial charge in [-0.2, -0.15) is 0 Å². The third-order valence-electron chi connectivity index (χ3n) is 4.25. The van der Waals surface area contributed by atoms with Gasteiger partial charge in [0.25, 0.3) is 5.91 Å². The number of carbonyl (C=O) groups excluding carboxylic acids is 1. The number of thioether (sulfide) groups is 1. The molecule has 1 aliphatic rings. The second kappa shape index (κ2) is 7.93. The van der Waals surface area contributed by atoms with Gasteiger partial charge in [-0.05, 0) is 18.2 Å². The molecule has 0 radical (unpaired) electrons. The molecule has 6 heteroatoms. The van der Waals surface area contributed by atoms with E-state index in [1.165, 1.54) is 0 Å². The fraction of sp³-hybridized carbons (Fsp3) is 0.200. The highest BCUT2D eigenvalue weighted by atomic mass is 32.2. The number of benzene rings is 2. The van der Waals surface area contributed by atoms with E-state index in [0.717, 1.165) is 34.1 Å². The highest BCUT2D eigenvalue weighted by molar-refractivity contribution is 7.98. The third kappa shape index (κ3) is 3.76. The number of nitrogens with zero attached hydrogens (tertiary/aromatic N) is 1. The van der Waals surface area contributed by atoms with Crippen LogP contribution in [0.5, 0.6) is 5.75 Å². The van der Waals surface area contributed by atoms with E-state index in [1.807, 2.05) is 59.4 Å². The topological polar surface area (TPSA) is 51.2 Å². The zero-order valence-electron chi connectivity index (χ0n) is 14.1. The number of aromatic nitrogens is 1. The summed E-state index contributed by atoms with van der Waals surface area (Å²) in [4.78, 5) is 18.2. The van der Waals surface area contributed by atoms with Crippen molar-refractivity contribution in [3.63, 3.8) is 0 Å². The number of hydrogen-bond acceptors (Lipinski definition) is 5. The number of thiazole rings is 1. The van der Waals surface area contributed by atoms with E-state index in [0.29, 0.717) is 12.2 Å². The quantitative estimate of drug-likeness (QED) is 0.651. The van der Waals surface area contributed by atoms with Crippen molar-refractivity contribution in [3.8, 4) is 5.75 Å². The van der Waals surface area contributed by atoms with Crippen LogP contribution in [-0.2, 0) is 5.75 Å². The largest absolute Gasteiger partial charge is 0.493 e. The molecule has 1 amide bonds. The summed E-state index contributed by atoms with van der Waals surface area (Å²) in [6.07, 6.45) is 0.775. The maximum absolute atomic E-state index is 12.9. The highest BCUT2D eigenvalue weighted by Gasteiger charge is 2.24. The van der Waals surface area contributed by atoms with Crippen LogP contribution in [0, 0.1) is 0 Å². The lowest BCUT2D eigenvalue weighted by atomic mass is 10.00. The number of hydrogen-bond donors (Lipinski definition) is 1. The zero-order chi connectivity index (χ0) is 17.8. The summed E-state index contributed by atoms with van der Waals surface area (Å²) in [5.41, 5.74) is 4.61. The Morgan fingerprint density at radius 3 is 2.96 bits per heavy atom. The van der Waals surface area contributed by atoms with Crippen molar-refractivity contribution in [2.45, 2.75) is 23.1 Å². The van der Waals surface area contributed by atoms with Gasteiger partial charge in [0.2, 0.25) is 0 Å². The molecule has 0 fully saturated rings. The predicted molar refractivity (Wildman–Crippen MR) is 105 cm³/mol. The SMILES string of the molecule is O=C(NC1CCOc2ccccc21)c1ccccc1SCc1cscn1. The first-order chi connectivity index (χ1) is 12.8. The zero-order valence-corrected chi connectivity index (χ0v) is 15.7. The van der Waals surface area contributed by atoms with E-state index < -0.39 is 0 Å². The van der Waals surface area contributed by atoms with E-state index in [4.69, 9.17) is 4.74 Å². The molecule has 2 heterocycles. The minimum atomic E-state index is -0.0481. The molecule has 26 heavy (non-hydrogen) atoms. The fourth-order valence-electron chi connectivity index (χ4n) is 2.97. The normalized spacial score (nSPS) is 15.8. The van der Waals surface area contributed by atoms with E-state index in [1.54, 1.807) is 23.1 Å². The molecule has 2 aromatic carbocycles. The maximum Gasteiger partial charge on any atom is 0.252 e. The Labute approximate surface area is 160 Å². The van der Waals surface area contributed by atoms with Gasteiger partial charge >= 0.3 is 0 Å². The van der Waals surface area contributed by atoms with Crippen LogP contribution >= 0.6 is 23.1 Å². The summed E-state index contributed by atoms with van der Waals surface area (Å²) in [6.45, 7) is 0.613. The second-order valence-electron chi connectivity index (χ2n) is 5.97. The molecule has 3 aromatic rings. The number of nitrogens with one attached hydrogen (secondary N) is 1. The van der Waals surface area contributed by atoms with Gasteiger partial charge in [0.1, 0.15) is 5.75 Å². The standard InChI is InChI=1S/C20H18N2O2S2/c23-20(22-17-9-10-24-18-7-3-1-5-15(17)18)16-6-2-4-8-19(16)26-12-14-11-25-13-21-14/h1-8,11,13,17H,9-10,12H2,(H,22,23). The number of fused-ring (bicyclic) bond motifs is 1. The molecule has 1 aliphatic heterocycles. The minimum Gasteiger partial charge on any atom is -0.493 e. The Kier molecular flexibility index (Phi) is 5.22. The van der Waals surface area contributed by atoms with Gasteiger partial charge in [-0.15, -0.1) is 23.1 Å². The van der Waals surface area contributed by atoms with E-state index >= 15 is 0 Å². The number of ether oxygens (including phenoxy) is 1. The van der Waals surface area contributed by atoms with Crippen LogP contribution < -0.4 is 10.1 Å². The molecule has 1 atom stereocenters. The van der Waals surface area contributed by atoms with E-state index in [2.05, 4.69) is 10.3 Å². The summed E-state index contributed by atoms with van der Waals surface area (Å²) in [5.74, 6) is 1.57. The number of amides is 1. The van der Waals surface area contributed by atoms with Gasteiger partial charge in [-0.1, -0.05) is 30.3 Å². The van der Waals surface area contributed by atoms with Crippen LogP contribution in [0.3, 0.4) is 0 Å². The molecule has 1 unspecified atom stereocenters. The summed E-state index contributed by atoms with van der Waals surface area (Å²) in [6, 6.07) is 15.6. The van der Waals surface area contributed by atoms with Gasteiger partial charge in [0.15, 0.2) is 0 Å². The number of carbonyl (C=O) groups is 1. The molecule has 0 bridgehead atoms. The summed E-state index contributed by atoms with van der Waals surface area (Å²) in [5, 5.41) is 5.22. The predicted octanol–water partition coefficient (Wildman–Crippen LogP) is 4.69. The van der Waals surface area contributed by atoms with Gasteiger partial charge in [-0.3, -0.25) is 4.79 Å². The van der Waals surface area contributed by atoms with Crippen LogP contribution in [-0.4, -0.2) is 17.5 Å². The van der Waals surface area contributed by atoms with E-state index in [-0.39, 0.29) is 11.9 Å². The highest BCUT2D eigenvalue weighted by Crippen LogP contribution is 2.32. The summed E-state index contributed by atoms with van der Waals surface area (Å²) < 4.78 is 5.68. The molecule has 0 saturated heterocycles. The number of rotatable bonds is 5. The summed E-state index contributed by atoms with van der Waals surface area (Å²) >= 11 is 3.23. The second-order valence-corrected chi connectivity index (χ2v) is 7.70. The van der Waals surface area contributed by atoms with E-state index in [9.17, 15) is 4.79 Å². The van der Waals surface area contributed by atoms with Gasteiger partial charge in [-0.25, -0.2) is 4.98 Å². The third-order valence-corrected chi connectivity index (χ3v) is 6.00. The molecular weight excluding hydrogens is 364 g/mol. The monoisotopic (exact) mass is 382 g/mol. The average Bonchev–Trinajstić information content (AvgIpc) is 3.20. The lowest BCUT2D eigenvalue weighted by Gasteiger charge is -2.26. The van der Waals surface area contributed by atoms with Gasteiger partial charge in [0, 0.05) is 28.0 Å². The Bertz CT molecular complexity index is 896. The molecule has 132 valence electrons. The molecule has 1 aromatic heterocycles. The molecule has 0 aliphatic carbocycles. The smallest absolute Gasteiger partial charge is 0.252 e. The van der Waals surface area contributed by atoms with Crippen molar-refractivity contribution >= 4 is 29.0 Å². The molecule has 0 spiro atoms. The van der Waals surface area contributed by atoms with Crippen molar-refractivity contribution in [3.05, 3.63) is 76.2 Å². The van der Waals surface area contributed by atoms with Crippen molar-refractivity contribution < 1.29 is 9.53 Å². The first-order valence-corrected chi connectivity index (χ1v) is 10.4. The Morgan fingerprint density at radius 2 is 2.08 bits per heavy atom. The molecule has 4 rings (SSSR count). The Hall–Kier alpha value is -2.31. The molecule has 4 nitrogen and oxygen atoms in total. The van der Waals surface area contributed by atoms with Crippen molar-refractivity contribution in [1.82, 2.24) is 10.3 Å². The van der Waals surface area contributed by atoms with Crippen molar-refractivity contribution in [2.24, 2.45) is 0 Å². The van der Waals surface area contributed by atoms with Crippen LogP contribution in [0.15, 0.2) is 64.3 Å². The maximum atomic E-state index is 12.9. The molecule has 1 N–H and O–H groups in total. The minimum absolute atomic E-state index is 0.0240. The van der Waals surface area contributed by atoms with Gasteiger partial charge < -0.3 is 10.1 Å². The van der Waals surface area contributed by atoms with Crippen LogP contribution in [0.2, 0.25) is 0 Å². The number of para-hydroxylation sites is 1. The Morgan fingerprint density at radius 1 is 1.23 bits per heavy atom. The first-order valence-electron chi connectivity index (χ1n) is 8.43. The molecule has 0 saturated carbocycles. The van der Waals surface area contributed by atoms with Gasteiger partial charge in [0.05, 0.1) is 29.4 Å². The first kappa shape index (κ1) is 17.1. The van der Waals surface area contributed by atoms with Crippen molar-refractivity contribution in [1.29, 1.82) is 0 Å².